The highest BCUT2D eigenvalue weighted by Crippen LogP contribution is 2.44. The lowest BCUT2D eigenvalue weighted by Crippen LogP contribution is -2.36. The standard InChI is InChI=1S/C18H16F3NO5/c1-3-27-17(26)15-12(8-23)22-9(2)13(16(24)25)14(15)10-6-4-5-7-11(10)18(19,20)21/h4-8,13-14H,3H2,1-2H3,(H,24,25). The van der Waals surface area contributed by atoms with E-state index in [0.29, 0.717) is 0 Å². The molecule has 1 heterocycles. The smallest absolute Gasteiger partial charge is 0.416 e. The minimum Gasteiger partial charge on any atom is -0.481 e. The topological polar surface area (TPSA) is 93.0 Å². The molecule has 0 aromatic heterocycles. The average Bonchev–Trinajstić information content (AvgIpc) is 2.59. The van der Waals surface area contributed by atoms with Gasteiger partial charge in [-0.05, 0) is 25.5 Å². The summed E-state index contributed by atoms with van der Waals surface area (Å²) in [5.41, 5.74) is -2.55. The van der Waals surface area contributed by atoms with Crippen molar-refractivity contribution in [1.29, 1.82) is 0 Å². The second-order valence-electron chi connectivity index (χ2n) is 5.77. The summed E-state index contributed by atoms with van der Waals surface area (Å²) in [6.07, 6.45) is -4.58. The summed E-state index contributed by atoms with van der Waals surface area (Å²) < 4.78 is 45.4. The summed E-state index contributed by atoms with van der Waals surface area (Å²) in [6, 6.07) is 4.33. The second-order valence-corrected chi connectivity index (χ2v) is 5.77. The number of halogens is 3. The molecule has 2 unspecified atom stereocenters. The highest BCUT2D eigenvalue weighted by Gasteiger charge is 2.46. The normalized spacial score (nSPS) is 20.1. The third kappa shape index (κ3) is 3.91. The Balaban J connectivity index is 2.84. The first-order valence-electron chi connectivity index (χ1n) is 7.94. The summed E-state index contributed by atoms with van der Waals surface area (Å²) >= 11 is 0. The number of aliphatic imine (C=N–C) groups is 1. The first-order chi connectivity index (χ1) is 12.6. The number of benzene rings is 1. The van der Waals surface area contributed by atoms with Gasteiger partial charge in [-0.2, -0.15) is 13.2 Å². The molecule has 9 heteroatoms. The fourth-order valence-electron chi connectivity index (χ4n) is 3.10. The number of carboxylic acids is 1. The maximum atomic E-state index is 13.5. The molecule has 0 amide bonds. The molecule has 0 saturated carbocycles. The Morgan fingerprint density at radius 3 is 2.44 bits per heavy atom. The van der Waals surface area contributed by atoms with Crippen LogP contribution in [0.15, 0.2) is 40.5 Å². The summed E-state index contributed by atoms with van der Waals surface area (Å²) in [5.74, 6) is -5.68. The molecule has 1 aromatic carbocycles. The molecule has 0 bridgehead atoms. The van der Waals surface area contributed by atoms with Crippen LogP contribution in [0.25, 0.3) is 0 Å². The second kappa shape index (κ2) is 7.73. The molecule has 1 aliphatic rings. The lowest BCUT2D eigenvalue weighted by molar-refractivity contribution is -0.143. The van der Waals surface area contributed by atoms with Crippen molar-refractivity contribution in [2.75, 3.05) is 6.61 Å². The zero-order valence-corrected chi connectivity index (χ0v) is 14.4. The molecule has 0 saturated heterocycles. The van der Waals surface area contributed by atoms with Crippen molar-refractivity contribution in [2.24, 2.45) is 10.9 Å². The van der Waals surface area contributed by atoms with Gasteiger partial charge in [0.05, 0.1) is 17.7 Å². The van der Waals surface area contributed by atoms with E-state index >= 15 is 0 Å². The number of carboxylic acid groups (broad SMARTS) is 1. The number of carbonyl (C=O) groups is 3. The Morgan fingerprint density at radius 2 is 1.93 bits per heavy atom. The zero-order valence-electron chi connectivity index (χ0n) is 14.4. The van der Waals surface area contributed by atoms with E-state index in [-0.39, 0.29) is 18.6 Å². The van der Waals surface area contributed by atoms with Crippen molar-refractivity contribution in [3.8, 4) is 0 Å². The molecule has 1 aliphatic heterocycles. The van der Waals surface area contributed by atoms with Crippen LogP contribution in [0.4, 0.5) is 13.2 Å². The average molecular weight is 383 g/mol. The Kier molecular flexibility index (Phi) is 5.82. The predicted octanol–water partition coefficient (Wildman–Crippen LogP) is 2.98. The van der Waals surface area contributed by atoms with E-state index in [1.165, 1.54) is 19.9 Å². The molecule has 0 fully saturated rings. The van der Waals surface area contributed by atoms with Crippen molar-refractivity contribution >= 4 is 23.9 Å². The van der Waals surface area contributed by atoms with Crippen LogP contribution in [0.5, 0.6) is 0 Å². The number of alkyl halides is 3. The van der Waals surface area contributed by atoms with E-state index in [1.807, 2.05) is 0 Å². The zero-order chi connectivity index (χ0) is 20.4. The van der Waals surface area contributed by atoms with Crippen LogP contribution >= 0.6 is 0 Å². The van der Waals surface area contributed by atoms with E-state index in [1.54, 1.807) is 0 Å². The molecule has 0 radical (unpaired) electrons. The van der Waals surface area contributed by atoms with Crippen LogP contribution < -0.4 is 0 Å². The van der Waals surface area contributed by atoms with Gasteiger partial charge >= 0.3 is 18.1 Å². The molecule has 1 aromatic rings. The van der Waals surface area contributed by atoms with Crippen LogP contribution in [-0.4, -0.2) is 35.6 Å². The Labute approximate surface area is 152 Å². The molecule has 6 nitrogen and oxygen atoms in total. The van der Waals surface area contributed by atoms with E-state index in [4.69, 9.17) is 4.74 Å². The van der Waals surface area contributed by atoms with Gasteiger partial charge in [0.15, 0.2) is 6.29 Å². The van der Waals surface area contributed by atoms with Crippen LogP contribution in [0.3, 0.4) is 0 Å². The summed E-state index contributed by atoms with van der Waals surface area (Å²) in [6.45, 7) is 2.65. The predicted molar refractivity (Wildman–Crippen MR) is 88.1 cm³/mol. The van der Waals surface area contributed by atoms with Gasteiger partial charge in [0.2, 0.25) is 0 Å². The largest absolute Gasteiger partial charge is 0.481 e. The number of rotatable bonds is 5. The Bertz CT molecular complexity index is 842. The highest BCUT2D eigenvalue weighted by molar-refractivity contribution is 6.09. The van der Waals surface area contributed by atoms with Gasteiger partial charge in [0, 0.05) is 11.6 Å². The third-order valence-electron chi connectivity index (χ3n) is 4.14. The van der Waals surface area contributed by atoms with Gasteiger partial charge in [-0.3, -0.25) is 14.6 Å². The molecule has 0 aliphatic carbocycles. The molecule has 144 valence electrons. The van der Waals surface area contributed by atoms with Crippen LogP contribution in [0.1, 0.15) is 30.9 Å². The number of hydrogen-bond acceptors (Lipinski definition) is 5. The van der Waals surface area contributed by atoms with Gasteiger partial charge in [0.1, 0.15) is 11.6 Å². The molecular weight excluding hydrogens is 367 g/mol. The maximum Gasteiger partial charge on any atom is 0.416 e. The van der Waals surface area contributed by atoms with E-state index in [0.717, 1.165) is 18.2 Å². The number of nitrogens with zero attached hydrogens (tertiary/aromatic N) is 1. The molecule has 2 atom stereocenters. The Morgan fingerprint density at radius 1 is 1.30 bits per heavy atom. The van der Waals surface area contributed by atoms with Crippen molar-refractivity contribution < 1.29 is 37.4 Å². The molecular formula is C18H16F3NO5. The van der Waals surface area contributed by atoms with Gasteiger partial charge in [-0.15, -0.1) is 0 Å². The number of ether oxygens (including phenoxy) is 1. The van der Waals surface area contributed by atoms with Gasteiger partial charge in [0.25, 0.3) is 0 Å². The lowest BCUT2D eigenvalue weighted by atomic mass is 9.74. The fraction of sp³-hybridized carbons (Fsp3) is 0.333. The van der Waals surface area contributed by atoms with Crippen molar-refractivity contribution in [3.63, 3.8) is 0 Å². The minimum atomic E-state index is -4.79. The molecule has 27 heavy (non-hydrogen) atoms. The number of hydrogen-bond donors (Lipinski definition) is 1. The number of aliphatic carboxylic acids is 1. The van der Waals surface area contributed by atoms with Gasteiger partial charge in [-0.1, -0.05) is 18.2 Å². The minimum absolute atomic E-state index is 0.0837. The summed E-state index contributed by atoms with van der Waals surface area (Å²) in [5, 5.41) is 9.60. The van der Waals surface area contributed by atoms with E-state index < -0.39 is 52.3 Å². The van der Waals surface area contributed by atoms with E-state index in [9.17, 15) is 32.7 Å². The van der Waals surface area contributed by atoms with Crippen molar-refractivity contribution in [2.45, 2.75) is 25.9 Å². The van der Waals surface area contributed by atoms with Crippen LogP contribution in [-0.2, 0) is 25.3 Å². The van der Waals surface area contributed by atoms with Crippen LogP contribution in [0.2, 0.25) is 0 Å². The number of aldehydes is 1. The van der Waals surface area contributed by atoms with Crippen molar-refractivity contribution in [1.82, 2.24) is 0 Å². The highest BCUT2D eigenvalue weighted by atomic mass is 19.4. The van der Waals surface area contributed by atoms with Gasteiger partial charge < -0.3 is 9.84 Å². The summed E-state index contributed by atoms with van der Waals surface area (Å²) in [7, 11) is 0. The molecule has 1 N–H and O–H groups in total. The Hall–Kier alpha value is -2.97. The first kappa shape index (κ1) is 20.3. The maximum absolute atomic E-state index is 13.5. The first-order valence-corrected chi connectivity index (χ1v) is 7.94. The van der Waals surface area contributed by atoms with E-state index in [2.05, 4.69) is 4.99 Å². The van der Waals surface area contributed by atoms with Gasteiger partial charge in [-0.25, -0.2) is 4.79 Å². The summed E-state index contributed by atoms with van der Waals surface area (Å²) in [4.78, 5) is 39.4. The lowest BCUT2D eigenvalue weighted by Gasteiger charge is -2.31. The number of carbonyl (C=O) groups excluding carboxylic acids is 2. The molecule has 2 rings (SSSR count). The van der Waals surface area contributed by atoms with Crippen LogP contribution in [0, 0.1) is 5.92 Å². The third-order valence-corrected chi connectivity index (χ3v) is 4.14. The number of allylic oxidation sites excluding steroid dienone is 1. The quantitative estimate of drug-likeness (QED) is 0.623. The fourth-order valence-corrected chi connectivity index (χ4v) is 3.10. The SMILES string of the molecule is CCOC(=O)C1=C(C=O)N=C(C)C(C(=O)O)C1c1ccccc1C(F)(F)F. The molecule has 0 spiro atoms. The number of esters is 1. The van der Waals surface area contributed by atoms with Crippen molar-refractivity contribution in [3.05, 3.63) is 46.7 Å². The monoisotopic (exact) mass is 383 g/mol.